The van der Waals surface area contributed by atoms with Gasteiger partial charge in [0.25, 0.3) is 0 Å². The maximum absolute atomic E-state index is 11.1. The summed E-state index contributed by atoms with van der Waals surface area (Å²) in [6.07, 6.45) is 9.75. The van der Waals surface area contributed by atoms with E-state index in [2.05, 4.69) is 6.92 Å². The van der Waals surface area contributed by atoms with Crippen molar-refractivity contribution in [3.63, 3.8) is 0 Å². The first-order chi connectivity index (χ1) is 10.5. The number of hydrogen-bond acceptors (Lipinski definition) is 4. The topological polar surface area (TPSA) is 81.0 Å². The van der Waals surface area contributed by atoms with E-state index in [1.165, 1.54) is 38.5 Å². The molecule has 2 unspecified atom stereocenters. The molecule has 0 saturated carbocycles. The van der Waals surface area contributed by atoms with Crippen LogP contribution in [0.1, 0.15) is 71.1 Å². The zero-order valence-corrected chi connectivity index (χ0v) is 13.9. The number of nitrogens with zero attached hydrogens (tertiary/aromatic N) is 1. The van der Waals surface area contributed by atoms with Gasteiger partial charge < -0.3 is 15.3 Å². The van der Waals surface area contributed by atoms with E-state index in [4.69, 9.17) is 5.11 Å². The monoisotopic (exact) mass is 315 g/mol. The Morgan fingerprint density at radius 2 is 1.73 bits per heavy atom. The average molecular weight is 315 g/mol. The number of likely N-dealkylation sites (tertiary alicyclic amines) is 1. The zero-order chi connectivity index (χ0) is 16.4. The van der Waals surface area contributed by atoms with Crippen LogP contribution in [0.25, 0.3) is 0 Å². The van der Waals surface area contributed by atoms with Gasteiger partial charge in [0, 0.05) is 19.5 Å². The summed E-state index contributed by atoms with van der Waals surface area (Å²) in [5.74, 6) is -0.907. The minimum atomic E-state index is -0.907. The van der Waals surface area contributed by atoms with E-state index in [0.717, 1.165) is 12.8 Å². The number of carbonyl (C=O) groups is 1. The summed E-state index contributed by atoms with van der Waals surface area (Å²) < 4.78 is 0. The first kappa shape index (κ1) is 19.4. The molecule has 0 bridgehead atoms. The van der Waals surface area contributed by atoms with E-state index in [9.17, 15) is 15.0 Å². The molecule has 0 aromatic heterocycles. The lowest BCUT2D eigenvalue weighted by molar-refractivity contribution is -0.142. The van der Waals surface area contributed by atoms with Gasteiger partial charge in [0.15, 0.2) is 0 Å². The highest BCUT2D eigenvalue weighted by atomic mass is 16.4. The van der Waals surface area contributed by atoms with Crippen molar-refractivity contribution in [1.82, 2.24) is 4.90 Å². The van der Waals surface area contributed by atoms with Crippen LogP contribution in [-0.4, -0.2) is 57.5 Å². The molecule has 0 spiro atoms. The summed E-state index contributed by atoms with van der Waals surface area (Å²) in [4.78, 5) is 12.8. The molecule has 0 amide bonds. The number of carboxylic acids is 1. The van der Waals surface area contributed by atoms with Crippen molar-refractivity contribution in [1.29, 1.82) is 0 Å². The van der Waals surface area contributed by atoms with Gasteiger partial charge in [-0.2, -0.15) is 0 Å². The summed E-state index contributed by atoms with van der Waals surface area (Å²) in [5.41, 5.74) is 0. The first-order valence-electron chi connectivity index (χ1n) is 8.87. The lowest BCUT2D eigenvalue weighted by Gasteiger charge is -2.23. The van der Waals surface area contributed by atoms with E-state index in [1.807, 2.05) is 0 Å². The molecule has 1 aliphatic rings. The number of β-amino-alcohol motifs (C(OH)–C–C–N with tert-alkyl or cyclic N) is 2. The zero-order valence-electron chi connectivity index (χ0n) is 13.9. The largest absolute Gasteiger partial charge is 0.480 e. The predicted octanol–water partition coefficient (Wildman–Crippen LogP) is 2.40. The number of hydrogen-bond donors (Lipinski definition) is 3. The fraction of sp³-hybridized carbons (Fsp3) is 0.941. The van der Waals surface area contributed by atoms with Crippen LogP contribution >= 0.6 is 0 Å². The Hall–Kier alpha value is -0.650. The lowest BCUT2D eigenvalue weighted by atomic mass is 10.1. The molecule has 3 N–H and O–H groups in total. The molecule has 130 valence electrons. The molecular weight excluding hydrogens is 282 g/mol. The van der Waals surface area contributed by atoms with E-state index in [0.29, 0.717) is 19.5 Å². The van der Waals surface area contributed by atoms with E-state index < -0.39 is 24.2 Å². The molecule has 0 aromatic carbocycles. The first-order valence-corrected chi connectivity index (χ1v) is 8.87. The van der Waals surface area contributed by atoms with Crippen molar-refractivity contribution in [2.75, 3.05) is 13.1 Å². The van der Waals surface area contributed by atoms with Crippen LogP contribution in [0.2, 0.25) is 0 Å². The molecule has 0 radical (unpaired) electrons. The summed E-state index contributed by atoms with van der Waals surface area (Å²) in [6, 6.07) is -0.650. The van der Waals surface area contributed by atoms with Crippen molar-refractivity contribution in [3.8, 4) is 0 Å². The molecule has 3 atom stereocenters. The number of rotatable bonds is 12. The second kappa shape index (κ2) is 11.0. The molecule has 1 rings (SSSR count). The molecule has 0 aliphatic carbocycles. The van der Waals surface area contributed by atoms with Crippen LogP contribution in [-0.2, 0) is 4.79 Å². The number of aliphatic hydroxyl groups excluding tert-OH is 2. The molecule has 1 saturated heterocycles. The molecule has 22 heavy (non-hydrogen) atoms. The van der Waals surface area contributed by atoms with Crippen molar-refractivity contribution in [2.45, 2.75) is 89.4 Å². The van der Waals surface area contributed by atoms with Gasteiger partial charge in [-0.1, -0.05) is 58.3 Å². The highest BCUT2D eigenvalue weighted by Gasteiger charge is 2.36. The van der Waals surface area contributed by atoms with Gasteiger partial charge in [0.2, 0.25) is 0 Å². The standard InChI is InChI=1S/C17H33NO4/c1-2-3-4-5-6-7-8-9-10-14(19)12-18-13-15(20)11-16(18)17(21)22/h14-16,19-20H,2-13H2,1H3,(H,21,22)/t14?,15?,16-/m0/s1. The number of aliphatic hydroxyl groups is 2. The van der Waals surface area contributed by atoms with Crippen LogP contribution < -0.4 is 0 Å². The smallest absolute Gasteiger partial charge is 0.321 e. The molecular formula is C17H33NO4. The second-order valence-corrected chi connectivity index (χ2v) is 6.61. The predicted molar refractivity (Wildman–Crippen MR) is 86.9 cm³/mol. The molecule has 5 nitrogen and oxygen atoms in total. The maximum Gasteiger partial charge on any atom is 0.321 e. The van der Waals surface area contributed by atoms with Gasteiger partial charge >= 0.3 is 5.97 Å². The van der Waals surface area contributed by atoms with E-state index >= 15 is 0 Å². The van der Waals surface area contributed by atoms with Gasteiger partial charge in [-0.05, 0) is 6.42 Å². The Kier molecular flexibility index (Phi) is 9.68. The molecule has 1 fully saturated rings. The Morgan fingerprint density at radius 3 is 2.32 bits per heavy atom. The SMILES string of the molecule is CCCCCCCCCCC(O)CN1CC(O)C[C@H]1C(=O)O. The highest BCUT2D eigenvalue weighted by molar-refractivity contribution is 5.74. The van der Waals surface area contributed by atoms with Crippen LogP contribution in [0.5, 0.6) is 0 Å². The summed E-state index contributed by atoms with van der Waals surface area (Å²) >= 11 is 0. The van der Waals surface area contributed by atoms with E-state index in [-0.39, 0.29) is 6.42 Å². The minimum absolute atomic E-state index is 0.264. The van der Waals surface area contributed by atoms with Gasteiger partial charge in [-0.15, -0.1) is 0 Å². The third-order valence-corrected chi connectivity index (χ3v) is 4.50. The summed E-state index contributed by atoms with van der Waals surface area (Å²) in [6.45, 7) is 2.92. The van der Waals surface area contributed by atoms with Crippen LogP contribution in [0.3, 0.4) is 0 Å². The van der Waals surface area contributed by atoms with Crippen molar-refractivity contribution in [2.24, 2.45) is 0 Å². The number of carboxylic acid groups (broad SMARTS) is 1. The van der Waals surface area contributed by atoms with Crippen molar-refractivity contribution < 1.29 is 20.1 Å². The maximum atomic E-state index is 11.1. The molecule has 1 heterocycles. The highest BCUT2D eigenvalue weighted by Crippen LogP contribution is 2.19. The number of aliphatic carboxylic acids is 1. The molecule has 0 aromatic rings. The normalized spacial score (nSPS) is 23.8. The number of unbranched alkanes of at least 4 members (excludes halogenated alkanes) is 7. The fourth-order valence-electron chi connectivity index (χ4n) is 3.21. The van der Waals surface area contributed by atoms with Gasteiger partial charge in [-0.25, -0.2) is 0 Å². The Morgan fingerprint density at radius 1 is 1.14 bits per heavy atom. The lowest BCUT2D eigenvalue weighted by Crippen LogP contribution is -2.40. The summed E-state index contributed by atoms with van der Waals surface area (Å²) in [7, 11) is 0. The van der Waals surface area contributed by atoms with Gasteiger partial charge in [0.05, 0.1) is 12.2 Å². The van der Waals surface area contributed by atoms with Crippen LogP contribution in [0.4, 0.5) is 0 Å². The Labute approximate surface area is 134 Å². The summed E-state index contributed by atoms with van der Waals surface area (Å²) in [5, 5.41) is 28.7. The fourth-order valence-corrected chi connectivity index (χ4v) is 3.21. The molecule has 1 aliphatic heterocycles. The Balaban J connectivity index is 2.08. The van der Waals surface area contributed by atoms with Crippen molar-refractivity contribution in [3.05, 3.63) is 0 Å². The van der Waals surface area contributed by atoms with Crippen LogP contribution in [0.15, 0.2) is 0 Å². The second-order valence-electron chi connectivity index (χ2n) is 6.61. The Bertz CT molecular complexity index is 311. The minimum Gasteiger partial charge on any atom is -0.480 e. The third-order valence-electron chi connectivity index (χ3n) is 4.50. The van der Waals surface area contributed by atoms with Crippen molar-refractivity contribution >= 4 is 5.97 Å². The van der Waals surface area contributed by atoms with Crippen LogP contribution in [0, 0.1) is 0 Å². The third kappa shape index (κ3) is 7.56. The van der Waals surface area contributed by atoms with E-state index in [1.54, 1.807) is 4.90 Å². The average Bonchev–Trinajstić information content (AvgIpc) is 2.82. The van der Waals surface area contributed by atoms with Gasteiger partial charge in [-0.3, -0.25) is 9.69 Å². The van der Waals surface area contributed by atoms with Gasteiger partial charge in [0.1, 0.15) is 6.04 Å². The quantitative estimate of drug-likeness (QED) is 0.482. The molecule has 5 heteroatoms.